The predicted octanol–water partition coefficient (Wildman–Crippen LogP) is 3.59. The first-order chi connectivity index (χ1) is 10.1. The highest BCUT2D eigenvalue weighted by Gasteiger charge is 2.40. The summed E-state index contributed by atoms with van der Waals surface area (Å²) >= 11 is 2.01. The van der Waals surface area contributed by atoms with Gasteiger partial charge in [-0.1, -0.05) is 12.1 Å². The largest absolute Gasteiger partial charge is 0.374 e. The highest BCUT2D eigenvalue weighted by molar-refractivity contribution is 7.99. The molecule has 2 unspecified atom stereocenters. The van der Waals surface area contributed by atoms with Crippen molar-refractivity contribution in [2.75, 3.05) is 18.1 Å². The summed E-state index contributed by atoms with van der Waals surface area (Å²) in [5.74, 6) is 2.29. The van der Waals surface area contributed by atoms with Crippen LogP contribution in [-0.2, 0) is 11.3 Å². The molecule has 21 heavy (non-hydrogen) atoms. The number of nitrogens with one attached hydrogen (secondary N) is 1. The summed E-state index contributed by atoms with van der Waals surface area (Å²) in [4.78, 5) is 0. The van der Waals surface area contributed by atoms with Crippen molar-refractivity contribution in [2.24, 2.45) is 0 Å². The summed E-state index contributed by atoms with van der Waals surface area (Å²) in [7, 11) is 0. The van der Waals surface area contributed by atoms with Crippen molar-refractivity contribution in [1.29, 1.82) is 0 Å². The van der Waals surface area contributed by atoms with Gasteiger partial charge in [0, 0.05) is 24.9 Å². The first-order valence-corrected chi connectivity index (χ1v) is 8.94. The topological polar surface area (TPSA) is 21.3 Å². The minimum absolute atomic E-state index is 0.0771. The number of aryl methyl sites for hydroxylation is 2. The maximum absolute atomic E-state index is 13.7. The third-order valence-corrected chi connectivity index (χ3v) is 5.87. The summed E-state index contributed by atoms with van der Waals surface area (Å²) in [5.41, 5.74) is 2.77. The normalized spacial score (nSPS) is 29.2. The maximum atomic E-state index is 13.7. The van der Waals surface area contributed by atoms with Crippen LogP contribution in [0.3, 0.4) is 0 Å². The second kappa shape index (κ2) is 6.27. The highest BCUT2D eigenvalue weighted by atomic mass is 32.2. The van der Waals surface area contributed by atoms with Crippen molar-refractivity contribution in [3.63, 3.8) is 0 Å². The van der Waals surface area contributed by atoms with Gasteiger partial charge in [-0.3, -0.25) is 0 Å². The van der Waals surface area contributed by atoms with E-state index in [1.165, 1.54) is 17.7 Å². The van der Waals surface area contributed by atoms with Crippen LogP contribution >= 0.6 is 11.8 Å². The maximum Gasteiger partial charge on any atom is 0.129 e. The number of rotatable bonds is 3. The molecule has 4 heteroatoms. The molecule has 2 nitrogen and oxygen atoms in total. The van der Waals surface area contributed by atoms with E-state index in [1.54, 1.807) is 0 Å². The predicted molar refractivity (Wildman–Crippen MR) is 86.4 cm³/mol. The van der Waals surface area contributed by atoms with Gasteiger partial charge in [-0.05, 0) is 55.6 Å². The molecule has 116 valence electrons. The van der Waals surface area contributed by atoms with Crippen molar-refractivity contribution in [1.82, 2.24) is 5.32 Å². The SMILES string of the molecule is Cc1cc(CNC2CCOC3(CCSC3)C2)cc(C)c1F. The Kier molecular flexibility index (Phi) is 4.57. The van der Waals surface area contributed by atoms with E-state index in [4.69, 9.17) is 4.74 Å². The van der Waals surface area contributed by atoms with Gasteiger partial charge in [0.15, 0.2) is 0 Å². The molecule has 0 aliphatic carbocycles. The molecule has 2 saturated heterocycles. The van der Waals surface area contributed by atoms with Gasteiger partial charge < -0.3 is 10.1 Å². The van der Waals surface area contributed by atoms with Crippen LogP contribution in [0.4, 0.5) is 4.39 Å². The Bertz CT molecular complexity index is 491. The number of hydrogen-bond acceptors (Lipinski definition) is 3. The smallest absolute Gasteiger partial charge is 0.129 e. The Morgan fingerprint density at radius 1 is 1.38 bits per heavy atom. The zero-order chi connectivity index (χ0) is 14.9. The van der Waals surface area contributed by atoms with Gasteiger partial charge in [-0.15, -0.1) is 0 Å². The molecule has 0 saturated carbocycles. The fourth-order valence-corrected chi connectivity index (χ4v) is 4.84. The van der Waals surface area contributed by atoms with Crippen LogP contribution in [0.1, 0.15) is 36.0 Å². The highest BCUT2D eigenvalue weighted by Crippen LogP contribution is 2.38. The van der Waals surface area contributed by atoms with Crippen LogP contribution < -0.4 is 5.32 Å². The standard InChI is InChI=1S/C17H24FNOS/c1-12-7-14(8-13(2)16(12)18)10-19-15-3-5-20-17(9-15)4-6-21-11-17/h7-8,15,19H,3-6,9-11H2,1-2H3. The van der Waals surface area contributed by atoms with Crippen LogP contribution in [0, 0.1) is 19.7 Å². The Labute approximate surface area is 130 Å². The summed E-state index contributed by atoms with van der Waals surface area (Å²) < 4.78 is 19.7. The molecule has 0 amide bonds. The molecule has 1 spiro atoms. The van der Waals surface area contributed by atoms with Crippen molar-refractivity contribution >= 4 is 11.8 Å². The molecule has 2 heterocycles. The van der Waals surface area contributed by atoms with Crippen molar-refractivity contribution in [3.05, 3.63) is 34.6 Å². The second-order valence-corrected chi connectivity index (χ2v) is 7.55. The average Bonchev–Trinajstić information content (AvgIpc) is 2.90. The van der Waals surface area contributed by atoms with Gasteiger partial charge in [0.05, 0.1) is 5.60 Å². The third kappa shape index (κ3) is 3.43. The minimum atomic E-state index is -0.0771. The molecule has 2 atom stereocenters. The Morgan fingerprint density at radius 3 is 2.81 bits per heavy atom. The zero-order valence-electron chi connectivity index (χ0n) is 12.9. The molecule has 1 aromatic carbocycles. The molecule has 2 aliphatic heterocycles. The molecule has 0 radical (unpaired) electrons. The van der Waals surface area contributed by atoms with Crippen LogP contribution in [0.15, 0.2) is 12.1 Å². The molecule has 2 fully saturated rings. The quantitative estimate of drug-likeness (QED) is 0.922. The van der Waals surface area contributed by atoms with E-state index >= 15 is 0 Å². The lowest BCUT2D eigenvalue weighted by Crippen LogP contribution is -2.47. The average molecular weight is 309 g/mol. The lowest BCUT2D eigenvalue weighted by atomic mass is 9.89. The number of hydrogen-bond donors (Lipinski definition) is 1. The Morgan fingerprint density at radius 2 is 2.14 bits per heavy atom. The number of benzene rings is 1. The lowest BCUT2D eigenvalue weighted by molar-refractivity contribution is -0.0703. The van der Waals surface area contributed by atoms with E-state index in [1.807, 2.05) is 37.7 Å². The first-order valence-electron chi connectivity index (χ1n) is 7.79. The summed E-state index contributed by atoms with van der Waals surface area (Å²) in [5, 5.41) is 3.65. The number of ether oxygens (including phenoxy) is 1. The van der Waals surface area contributed by atoms with Crippen molar-refractivity contribution in [3.8, 4) is 0 Å². The fraction of sp³-hybridized carbons (Fsp3) is 0.647. The van der Waals surface area contributed by atoms with Crippen LogP contribution in [0.5, 0.6) is 0 Å². The summed E-state index contributed by atoms with van der Waals surface area (Å²) in [6, 6.07) is 4.43. The monoisotopic (exact) mass is 309 g/mol. The molecule has 0 bridgehead atoms. The molecular weight excluding hydrogens is 285 g/mol. The molecule has 2 aliphatic rings. The molecule has 1 N–H and O–H groups in total. The van der Waals surface area contributed by atoms with Crippen molar-refractivity contribution < 1.29 is 9.13 Å². The van der Waals surface area contributed by atoms with E-state index < -0.39 is 0 Å². The van der Waals surface area contributed by atoms with E-state index in [0.29, 0.717) is 6.04 Å². The van der Waals surface area contributed by atoms with Gasteiger partial charge >= 0.3 is 0 Å². The lowest BCUT2D eigenvalue weighted by Gasteiger charge is -2.38. The molecular formula is C17H24FNOS. The zero-order valence-corrected chi connectivity index (χ0v) is 13.7. The van der Waals surface area contributed by atoms with E-state index in [0.717, 1.165) is 42.9 Å². The van der Waals surface area contributed by atoms with Gasteiger partial charge in [0.2, 0.25) is 0 Å². The fourth-order valence-electron chi connectivity index (χ4n) is 3.47. The first kappa shape index (κ1) is 15.3. The van der Waals surface area contributed by atoms with E-state index in [9.17, 15) is 4.39 Å². The number of halogens is 1. The number of thioether (sulfide) groups is 1. The third-order valence-electron chi connectivity index (χ3n) is 4.65. The summed E-state index contributed by atoms with van der Waals surface area (Å²) in [6.07, 6.45) is 3.37. The van der Waals surface area contributed by atoms with E-state index in [2.05, 4.69) is 5.32 Å². The van der Waals surface area contributed by atoms with Crippen LogP contribution in [-0.4, -0.2) is 29.8 Å². The minimum Gasteiger partial charge on any atom is -0.374 e. The second-order valence-electron chi connectivity index (χ2n) is 6.45. The van der Waals surface area contributed by atoms with Crippen LogP contribution in [0.25, 0.3) is 0 Å². The summed E-state index contributed by atoms with van der Waals surface area (Å²) in [6.45, 7) is 5.35. The van der Waals surface area contributed by atoms with Gasteiger partial charge in [0.25, 0.3) is 0 Å². The molecule has 3 rings (SSSR count). The van der Waals surface area contributed by atoms with E-state index in [-0.39, 0.29) is 11.4 Å². The van der Waals surface area contributed by atoms with Crippen molar-refractivity contribution in [2.45, 2.75) is 51.3 Å². The Balaban J connectivity index is 1.60. The molecule has 0 aromatic heterocycles. The molecule has 1 aromatic rings. The van der Waals surface area contributed by atoms with Gasteiger partial charge in [0.1, 0.15) is 5.82 Å². The Hall–Kier alpha value is -0.580. The van der Waals surface area contributed by atoms with Gasteiger partial charge in [-0.2, -0.15) is 11.8 Å². The van der Waals surface area contributed by atoms with Crippen LogP contribution in [0.2, 0.25) is 0 Å². The van der Waals surface area contributed by atoms with Gasteiger partial charge in [-0.25, -0.2) is 4.39 Å².